The molecular formula is C18H22N2O2. The Morgan fingerprint density at radius 3 is 2.64 bits per heavy atom. The molecule has 0 amide bonds. The first-order valence-corrected chi connectivity index (χ1v) is 7.95. The van der Waals surface area contributed by atoms with Gasteiger partial charge in [0, 0.05) is 25.3 Å². The van der Waals surface area contributed by atoms with Crippen molar-refractivity contribution in [2.75, 3.05) is 26.3 Å². The van der Waals surface area contributed by atoms with Gasteiger partial charge in [-0.2, -0.15) is 0 Å². The van der Waals surface area contributed by atoms with E-state index in [1.165, 1.54) is 11.4 Å². The van der Waals surface area contributed by atoms with Crippen LogP contribution in [0.1, 0.15) is 25.2 Å². The van der Waals surface area contributed by atoms with E-state index in [4.69, 9.17) is 9.47 Å². The van der Waals surface area contributed by atoms with Gasteiger partial charge in [0.15, 0.2) is 0 Å². The van der Waals surface area contributed by atoms with Gasteiger partial charge >= 0.3 is 0 Å². The van der Waals surface area contributed by atoms with Gasteiger partial charge in [0.25, 0.3) is 0 Å². The Morgan fingerprint density at radius 2 is 1.82 bits per heavy atom. The lowest BCUT2D eigenvalue weighted by Crippen LogP contribution is -2.37. The molecule has 1 saturated heterocycles. The molecule has 1 aromatic heterocycles. The molecule has 1 fully saturated rings. The van der Waals surface area contributed by atoms with Crippen molar-refractivity contribution >= 4 is 0 Å². The van der Waals surface area contributed by atoms with Crippen molar-refractivity contribution in [2.45, 2.75) is 26.0 Å². The summed E-state index contributed by atoms with van der Waals surface area (Å²) < 4.78 is 14.0. The van der Waals surface area contributed by atoms with Crippen molar-refractivity contribution in [1.29, 1.82) is 0 Å². The van der Waals surface area contributed by atoms with Crippen LogP contribution in [0, 0.1) is 0 Å². The van der Waals surface area contributed by atoms with Gasteiger partial charge in [0.05, 0.1) is 24.6 Å². The summed E-state index contributed by atoms with van der Waals surface area (Å²) in [6.07, 6.45) is 0. The monoisotopic (exact) mass is 298 g/mol. The van der Waals surface area contributed by atoms with Crippen LogP contribution in [0.3, 0.4) is 0 Å². The van der Waals surface area contributed by atoms with Crippen LogP contribution in [0.5, 0.6) is 5.75 Å². The Kier molecular flexibility index (Phi) is 3.24. The number of ether oxygens (including phenoxy) is 2. The number of aromatic nitrogens is 1. The van der Waals surface area contributed by atoms with Gasteiger partial charge in [-0.1, -0.05) is 12.1 Å². The molecule has 0 saturated carbocycles. The highest BCUT2D eigenvalue weighted by molar-refractivity contribution is 5.53. The summed E-state index contributed by atoms with van der Waals surface area (Å²) in [4.78, 5) is 2.46. The minimum absolute atomic E-state index is 0.308. The third-order valence-electron chi connectivity index (χ3n) is 4.54. The molecule has 4 nitrogen and oxygen atoms in total. The van der Waals surface area contributed by atoms with E-state index in [1.807, 2.05) is 6.07 Å². The largest absolute Gasteiger partial charge is 0.479 e. The van der Waals surface area contributed by atoms with E-state index in [0.717, 1.165) is 44.3 Å². The molecule has 116 valence electrons. The lowest BCUT2D eigenvalue weighted by molar-refractivity contribution is 0.0329. The van der Waals surface area contributed by atoms with E-state index in [1.54, 1.807) is 0 Å². The van der Waals surface area contributed by atoms with Crippen LogP contribution in [-0.2, 0) is 16.9 Å². The summed E-state index contributed by atoms with van der Waals surface area (Å²) in [5, 5.41) is 0. The number of benzene rings is 1. The maximum absolute atomic E-state index is 6.19. The Labute approximate surface area is 131 Å². The first-order valence-electron chi connectivity index (χ1n) is 7.95. The van der Waals surface area contributed by atoms with E-state index < -0.39 is 0 Å². The van der Waals surface area contributed by atoms with Crippen LogP contribution in [0.25, 0.3) is 5.69 Å². The fourth-order valence-corrected chi connectivity index (χ4v) is 3.40. The predicted octanol–water partition coefficient (Wildman–Crippen LogP) is 2.94. The minimum Gasteiger partial charge on any atom is -0.479 e. The molecule has 2 aliphatic rings. The molecule has 0 unspecified atom stereocenters. The summed E-state index contributed by atoms with van der Waals surface area (Å²) in [6.45, 7) is 8.88. The summed E-state index contributed by atoms with van der Waals surface area (Å²) in [7, 11) is 0. The molecule has 0 spiro atoms. The van der Waals surface area contributed by atoms with Gasteiger partial charge in [-0.05, 0) is 38.1 Å². The normalized spacial score (nSPS) is 20.1. The molecule has 0 atom stereocenters. The number of para-hydroxylation sites is 2. The van der Waals surface area contributed by atoms with Gasteiger partial charge in [0.2, 0.25) is 0 Å². The lowest BCUT2D eigenvalue weighted by atomic mass is 10.0. The van der Waals surface area contributed by atoms with Crippen molar-refractivity contribution in [3.05, 3.63) is 47.8 Å². The molecule has 3 heterocycles. The summed E-state index contributed by atoms with van der Waals surface area (Å²) in [5.74, 6) is 0.958. The van der Waals surface area contributed by atoms with Crippen LogP contribution in [0.15, 0.2) is 36.4 Å². The molecular weight excluding hydrogens is 276 g/mol. The van der Waals surface area contributed by atoms with Gasteiger partial charge in [-0.3, -0.25) is 4.90 Å². The minimum atomic E-state index is -0.308. The van der Waals surface area contributed by atoms with Crippen LogP contribution in [-0.4, -0.2) is 35.8 Å². The molecule has 2 aromatic rings. The zero-order chi connectivity index (χ0) is 15.2. The molecule has 1 aromatic carbocycles. The lowest BCUT2D eigenvalue weighted by Gasteiger charge is -2.35. The fourth-order valence-electron chi connectivity index (χ4n) is 3.40. The van der Waals surface area contributed by atoms with Crippen LogP contribution in [0.4, 0.5) is 0 Å². The number of rotatable bonds is 2. The Hall–Kier alpha value is -1.78. The first kappa shape index (κ1) is 13.9. The molecule has 4 heteroatoms. The van der Waals surface area contributed by atoms with E-state index in [-0.39, 0.29) is 5.60 Å². The summed E-state index contributed by atoms with van der Waals surface area (Å²) in [5.41, 5.74) is 3.37. The highest BCUT2D eigenvalue weighted by Gasteiger charge is 2.34. The van der Waals surface area contributed by atoms with E-state index >= 15 is 0 Å². The molecule has 2 aliphatic heterocycles. The highest BCUT2D eigenvalue weighted by atomic mass is 16.5. The van der Waals surface area contributed by atoms with Gasteiger partial charge < -0.3 is 14.0 Å². The maximum atomic E-state index is 6.19. The number of nitrogens with zero attached hydrogens (tertiary/aromatic N) is 2. The maximum Gasteiger partial charge on any atom is 0.144 e. The van der Waals surface area contributed by atoms with Crippen molar-refractivity contribution in [1.82, 2.24) is 9.47 Å². The molecule has 0 N–H and O–H groups in total. The van der Waals surface area contributed by atoms with Crippen LogP contribution in [0.2, 0.25) is 0 Å². The quantitative estimate of drug-likeness (QED) is 0.853. The second kappa shape index (κ2) is 5.14. The van der Waals surface area contributed by atoms with Crippen LogP contribution >= 0.6 is 0 Å². The molecule has 0 radical (unpaired) electrons. The zero-order valence-electron chi connectivity index (χ0n) is 13.2. The number of fused-ring (bicyclic) bond motifs is 3. The van der Waals surface area contributed by atoms with Gasteiger partial charge in [0.1, 0.15) is 11.4 Å². The molecule has 4 rings (SSSR count). The number of hydrogen-bond donors (Lipinski definition) is 0. The van der Waals surface area contributed by atoms with E-state index in [2.05, 4.69) is 53.6 Å². The average Bonchev–Trinajstić information content (AvgIpc) is 2.93. The average molecular weight is 298 g/mol. The topological polar surface area (TPSA) is 26.6 Å². The molecule has 0 bridgehead atoms. The van der Waals surface area contributed by atoms with E-state index in [0.29, 0.717) is 0 Å². The van der Waals surface area contributed by atoms with Gasteiger partial charge in [-0.15, -0.1) is 0 Å². The second-order valence-corrected chi connectivity index (χ2v) is 6.51. The van der Waals surface area contributed by atoms with Crippen molar-refractivity contribution in [3.63, 3.8) is 0 Å². The standard InChI is InChI=1S/C18H22N2O2/c1-18(2)17-8-7-14(13-19-9-11-21-12-10-19)20(17)15-5-3-4-6-16(15)22-18/h3-8H,9-13H2,1-2H3. The van der Waals surface area contributed by atoms with Crippen molar-refractivity contribution in [3.8, 4) is 11.4 Å². The van der Waals surface area contributed by atoms with E-state index in [9.17, 15) is 0 Å². The van der Waals surface area contributed by atoms with Crippen molar-refractivity contribution < 1.29 is 9.47 Å². The Bertz CT molecular complexity index is 684. The summed E-state index contributed by atoms with van der Waals surface area (Å²) in [6, 6.07) is 12.7. The number of morpholine rings is 1. The SMILES string of the molecule is CC1(C)Oc2ccccc2-n2c(CN3CCOCC3)ccc21. The van der Waals surface area contributed by atoms with Crippen molar-refractivity contribution in [2.24, 2.45) is 0 Å². The summed E-state index contributed by atoms with van der Waals surface area (Å²) >= 11 is 0. The fraction of sp³-hybridized carbons (Fsp3) is 0.444. The predicted molar refractivity (Wildman–Crippen MR) is 85.5 cm³/mol. The molecule has 0 aliphatic carbocycles. The Balaban J connectivity index is 1.76. The van der Waals surface area contributed by atoms with Crippen LogP contribution < -0.4 is 4.74 Å². The third kappa shape index (κ3) is 2.23. The third-order valence-corrected chi connectivity index (χ3v) is 4.54. The first-order chi connectivity index (χ1) is 10.6. The second-order valence-electron chi connectivity index (χ2n) is 6.51. The number of hydrogen-bond acceptors (Lipinski definition) is 3. The highest BCUT2D eigenvalue weighted by Crippen LogP contribution is 2.40. The smallest absolute Gasteiger partial charge is 0.144 e. The molecule has 22 heavy (non-hydrogen) atoms. The zero-order valence-corrected chi connectivity index (χ0v) is 13.2. The Morgan fingerprint density at radius 1 is 1.05 bits per heavy atom. The van der Waals surface area contributed by atoms with Gasteiger partial charge in [-0.25, -0.2) is 0 Å².